The Bertz CT molecular complexity index is 1300. The molecule has 0 aliphatic rings. The van der Waals surface area contributed by atoms with Gasteiger partial charge in [-0.2, -0.15) is 0 Å². The fraction of sp³-hybridized carbons (Fsp3) is 0.346. The van der Waals surface area contributed by atoms with Crippen LogP contribution >= 0.6 is 0 Å². The van der Waals surface area contributed by atoms with Crippen LogP contribution in [0.4, 0.5) is 0 Å². The second kappa shape index (κ2) is 14.9. The first-order valence-electron chi connectivity index (χ1n) is 12.8. The zero-order valence-electron chi connectivity index (χ0n) is 22.1. The predicted molar refractivity (Wildman–Crippen MR) is 145 cm³/mol. The van der Waals surface area contributed by atoms with Crippen molar-refractivity contribution in [2.45, 2.75) is 56.3 Å². The van der Waals surface area contributed by atoms with Gasteiger partial charge in [-0.25, -0.2) is 14.8 Å². The van der Waals surface area contributed by atoms with E-state index < -0.39 is 53.8 Å². The van der Waals surface area contributed by atoms with Gasteiger partial charge in [0.2, 0.25) is 23.6 Å². The number of amides is 4. The van der Waals surface area contributed by atoms with Crippen LogP contribution in [-0.2, 0) is 43.2 Å². The molecule has 0 saturated carbocycles. The highest BCUT2D eigenvalue weighted by molar-refractivity contribution is 5.94. The molecule has 0 aliphatic heterocycles. The summed E-state index contributed by atoms with van der Waals surface area (Å²) in [4.78, 5) is 76.3. The first-order chi connectivity index (χ1) is 19.6. The lowest BCUT2D eigenvalue weighted by molar-refractivity contribution is -0.142. The van der Waals surface area contributed by atoms with Crippen LogP contribution < -0.4 is 27.4 Å². The van der Waals surface area contributed by atoms with Crippen LogP contribution in [0.25, 0.3) is 0 Å². The fourth-order valence-corrected chi connectivity index (χ4v) is 3.98. The molecule has 10 N–H and O–H groups in total. The second-order valence-corrected chi connectivity index (χ2v) is 9.38. The van der Waals surface area contributed by atoms with Gasteiger partial charge in [0.25, 0.3) is 0 Å². The summed E-state index contributed by atoms with van der Waals surface area (Å²) in [5.74, 6) is -4.22. The number of aromatic amines is 2. The molecule has 0 bridgehead atoms. The summed E-state index contributed by atoms with van der Waals surface area (Å²) in [5, 5.41) is 17.2. The van der Waals surface area contributed by atoms with Crippen molar-refractivity contribution >= 4 is 29.6 Å². The molecule has 41 heavy (non-hydrogen) atoms. The van der Waals surface area contributed by atoms with Gasteiger partial charge in [0.1, 0.15) is 18.1 Å². The maximum Gasteiger partial charge on any atom is 0.326 e. The number of hydrogen-bond donors (Lipinski definition) is 8. The van der Waals surface area contributed by atoms with E-state index in [4.69, 9.17) is 11.5 Å². The van der Waals surface area contributed by atoms with Crippen molar-refractivity contribution in [3.8, 4) is 0 Å². The summed E-state index contributed by atoms with van der Waals surface area (Å²) in [6.45, 7) is 0. The Morgan fingerprint density at radius 2 is 1.34 bits per heavy atom. The molecule has 4 unspecified atom stereocenters. The molecule has 3 aromatic rings. The Labute approximate surface area is 234 Å². The number of carbonyl (C=O) groups is 5. The van der Waals surface area contributed by atoms with Crippen molar-refractivity contribution in [3.05, 3.63) is 72.3 Å². The van der Waals surface area contributed by atoms with E-state index in [1.54, 1.807) is 30.3 Å². The number of benzene rings is 1. The molecule has 0 spiro atoms. The van der Waals surface area contributed by atoms with Crippen molar-refractivity contribution in [1.82, 2.24) is 35.9 Å². The molecule has 0 saturated heterocycles. The number of nitrogens with one attached hydrogen (secondary N) is 5. The van der Waals surface area contributed by atoms with Crippen molar-refractivity contribution in [2.24, 2.45) is 11.5 Å². The third kappa shape index (κ3) is 9.89. The second-order valence-electron chi connectivity index (χ2n) is 9.38. The number of imidazole rings is 2. The Morgan fingerprint density at radius 1 is 0.780 bits per heavy atom. The molecule has 0 radical (unpaired) electrons. The van der Waals surface area contributed by atoms with Crippen molar-refractivity contribution in [2.75, 3.05) is 0 Å². The SMILES string of the molecule is NC(=O)CCC(NC(=O)C(Cc1cnc[nH]1)NC(=O)C(N)Cc1cnc[nH]1)C(=O)NC(Cc1ccccc1)C(=O)O. The van der Waals surface area contributed by atoms with E-state index in [1.165, 1.54) is 25.0 Å². The van der Waals surface area contributed by atoms with Gasteiger partial charge in [-0.15, -0.1) is 0 Å². The molecule has 3 rings (SSSR count). The number of nitrogens with zero attached hydrogens (tertiary/aromatic N) is 2. The Hall–Kier alpha value is -5.05. The van der Waals surface area contributed by atoms with Crippen LogP contribution in [0, 0.1) is 0 Å². The number of H-pyrrole nitrogens is 2. The van der Waals surface area contributed by atoms with Gasteiger partial charge in [-0.1, -0.05) is 30.3 Å². The first kappa shape index (κ1) is 30.5. The molecule has 4 atom stereocenters. The minimum absolute atomic E-state index is 0.00880. The van der Waals surface area contributed by atoms with Gasteiger partial charge in [-0.05, 0) is 12.0 Å². The summed E-state index contributed by atoms with van der Waals surface area (Å²) in [5.41, 5.74) is 13.1. The highest BCUT2D eigenvalue weighted by Gasteiger charge is 2.31. The molecule has 1 aromatic carbocycles. The monoisotopic (exact) mass is 567 g/mol. The third-order valence-corrected chi connectivity index (χ3v) is 6.15. The molecular weight excluding hydrogens is 534 g/mol. The zero-order chi connectivity index (χ0) is 29.8. The molecule has 0 fully saturated rings. The number of nitrogens with two attached hydrogens (primary N) is 2. The maximum atomic E-state index is 13.4. The van der Waals surface area contributed by atoms with Gasteiger partial charge in [-0.3, -0.25) is 19.2 Å². The summed E-state index contributed by atoms with van der Waals surface area (Å²) in [7, 11) is 0. The van der Waals surface area contributed by atoms with Crippen LogP contribution in [0.3, 0.4) is 0 Å². The van der Waals surface area contributed by atoms with Crippen LogP contribution in [0.15, 0.2) is 55.4 Å². The summed E-state index contributed by atoms with van der Waals surface area (Å²) < 4.78 is 0. The third-order valence-electron chi connectivity index (χ3n) is 6.15. The normalized spacial score (nSPS) is 13.8. The van der Waals surface area contributed by atoms with Crippen molar-refractivity contribution in [3.63, 3.8) is 0 Å². The van der Waals surface area contributed by atoms with Crippen LogP contribution in [0.2, 0.25) is 0 Å². The van der Waals surface area contributed by atoms with Crippen LogP contribution in [0.5, 0.6) is 0 Å². The quantitative estimate of drug-likeness (QED) is 0.0979. The number of aliphatic carboxylic acids is 1. The number of carboxylic acids is 1. The van der Waals surface area contributed by atoms with E-state index in [1.807, 2.05) is 0 Å². The van der Waals surface area contributed by atoms with E-state index in [-0.39, 0.29) is 32.1 Å². The minimum atomic E-state index is -1.33. The average Bonchev–Trinajstić information content (AvgIpc) is 3.65. The Morgan fingerprint density at radius 3 is 1.90 bits per heavy atom. The minimum Gasteiger partial charge on any atom is -0.480 e. The lowest BCUT2D eigenvalue weighted by atomic mass is 10.0. The first-order valence-corrected chi connectivity index (χ1v) is 12.8. The van der Waals surface area contributed by atoms with Crippen LogP contribution in [0.1, 0.15) is 29.8 Å². The van der Waals surface area contributed by atoms with Crippen molar-refractivity contribution in [1.29, 1.82) is 0 Å². The highest BCUT2D eigenvalue weighted by Crippen LogP contribution is 2.07. The van der Waals surface area contributed by atoms with Crippen LogP contribution in [-0.4, -0.2) is 78.8 Å². The number of carbonyl (C=O) groups excluding carboxylic acids is 4. The molecule has 0 aliphatic carbocycles. The average molecular weight is 568 g/mol. The van der Waals surface area contributed by atoms with E-state index in [0.29, 0.717) is 17.0 Å². The standard InChI is InChI=1S/C26H33N9O6/c27-18(9-16-11-29-13-31-16)23(37)34-20(10-17-12-30-14-32-17)25(39)33-19(6-7-22(28)36)24(38)35-21(26(40)41)8-15-4-2-1-3-5-15/h1-5,11-14,18-21H,6-10,27H2,(H2,28,36)(H,29,31)(H,30,32)(H,33,39)(H,34,37)(H,35,38)(H,40,41). The fourth-order valence-electron chi connectivity index (χ4n) is 3.98. The predicted octanol–water partition coefficient (Wildman–Crippen LogP) is -1.71. The molecule has 218 valence electrons. The summed E-state index contributed by atoms with van der Waals surface area (Å²) in [6.07, 6.45) is 5.47. The molecule has 15 nitrogen and oxygen atoms in total. The topological polar surface area (TPSA) is 251 Å². The molecular formula is C26H33N9O6. The maximum absolute atomic E-state index is 13.4. The zero-order valence-corrected chi connectivity index (χ0v) is 22.1. The lowest BCUT2D eigenvalue weighted by Crippen LogP contribution is -2.58. The number of carboxylic acid groups (broad SMARTS) is 1. The smallest absolute Gasteiger partial charge is 0.326 e. The Kier molecular flexibility index (Phi) is 11.1. The molecule has 2 aromatic heterocycles. The van der Waals surface area contributed by atoms with Crippen molar-refractivity contribution < 1.29 is 29.1 Å². The van der Waals surface area contributed by atoms with E-state index in [0.717, 1.165) is 0 Å². The van der Waals surface area contributed by atoms with Gasteiger partial charge >= 0.3 is 5.97 Å². The summed E-state index contributed by atoms with van der Waals surface area (Å²) in [6, 6.07) is 3.83. The number of primary amides is 1. The van der Waals surface area contributed by atoms with Gasteiger partial charge in [0.05, 0.1) is 18.7 Å². The van der Waals surface area contributed by atoms with E-state index in [9.17, 15) is 29.1 Å². The number of hydrogen-bond acceptors (Lipinski definition) is 8. The van der Waals surface area contributed by atoms with E-state index in [2.05, 4.69) is 35.9 Å². The lowest BCUT2D eigenvalue weighted by Gasteiger charge is -2.25. The molecule has 4 amide bonds. The van der Waals surface area contributed by atoms with Gasteiger partial charge in [0, 0.05) is 49.5 Å². The van der Waals surface area contributed by atoms with E-state index >= 15 is 0 Å². The Balaban J connectivity index is 1.74. The largest absolute Gasteiger partial charge is 0.480 e. The van der Waals surface area contributed by atoms with Gasteiger partial charge in [0.15, 0.2) is 0 Å². The highest BCUT2D eigenvalue weighted by atomic mass is 16.4. The number of aromatic nitrogens is 4. The molecule has 15 heteroatoms. The summed E-state index contributed by atoms with van der Waals surface area (Å²) >= 11 is 0. The van der Waals surface area contributed by atoms with Gasteiger partial charge < -0.3 is 42.5 Å². The number of rotatable bonds is 16. The molecule has 2 heterocycles.